The van der Waals surface area contributed by atoms with Gasteiger partial charge in [0.05, 0.1) is 13.0 Å². The van der Waals surface area contributed by atoms with Crippen LogP contribution in [-0.2, 0) is 4.79 Å². The van der Waals surface area contributed by atoms with Gasteiger partial charge in [-0.25, -0.2) is 0 Å². The number of hydrogen-bond donors (Lipinski definition) is 2. The second-order valence-electron chi connectivity index (χ2n) is 4.30. The Morgan fingerprint density at radius 2 is 2.35 bits per heavy atom. The van der Waals surface area contributed by atoms with Gasteiger partial charge in [0.15, 0.2) is 0 Å². The maximum atomic E-state index is 11.2. The predicted octanol–water partition coefficient (Wildman–Crippen LogP) is 1.82. The van der Waals surface area contributed by atoms with E-state index in [0.29, 0.717) is 0 Å². The Hall–Kier alpha value is -1.55. The number of carbonyl (C=O) groups is 1. The number of nitrogens with one attached hydrogen (secondary N) is 1. The van der Waals surface area contributed by atoms with E-state index in [2.05, 4.69) is 5.32 Å². The highest BCUT2D eigenvalue weighted by Crippen LogP contribution is 2.31. The third kappa shape index (κ3) is 2.58. The highest BCUT2D eigenvalue weighted by Gasteiger charge is 2.31. The molecule has 17 heavy (non-hydrogen) atoms. The summed E-state index contributed by atoms with van der Waals surface area (Å²) in [7, 11) is 1.61. The molecule has 0 saturated carbocycles. The van der Waals surface area contributed by atoms with Crippen LogP contribution in [-0.4, -0.2) is 24.7 Å². The Kier molecular flexibility index (Phi) is 3.64. The van der Waals surface area contributed by atoms with Crippen molar-refractivity contribution in [3.63, 3.8) is 0 Å². The van der Waals surface area contributed by atoms with Crippen molar-refractivity contribution in [3.05, 3.63) is 29.8 Å². The molecule has 0 amide bonds. The molecule has 2 atom stereocenters. The lowest BCUT2D eigenvalue weighted by atomic mass is 9.86. The van der Waals surface area contributed by atoms with Crippen molar-refractivity contribution < 1.29 is 14.6 Å². The number of piperidine rings is 1. The first-order valence-electron chi connectivity index (χ1n) is 5.82. The van der Waals surface area contributed by atoms with Crippen molar-refractivity contribution in [1.82, 2.24) is 5.32 Å². The predicted molar refractivity (Wildman–Crippen MR) is 64.1 cm³/mol. The Labute approximate surface area is 101 Å². The molecule has 92 valence electrons. The minimum atomic E-state index is -0.731. The van der Waals surface area contributed by atoms with Crippen molar-refractivity contribution in [2.24, 2.45) is 5.92 Å². The summed E-state index contributed by atoms with van der Waals surface area (Å²) >= 11 is 0. The van der Waals surface area contributed by atoms with E-state index < -0.39 is 5.97 Å². The number of hydrogen-bond acceptors (Lipinski definition) is 3. The molecule has 2 rings (SSSR count). The van der Waals surface area contributed by atoms with Crippen LogP contribution in [0.5, 0.6) is 5.75 Å². The van der Waals surface area contributed by atoms with Gasteiger partial charge >= 0.3 is 5.97 Å². The van der Waals surface area contributed by atoms with E-state index in [1.165, 1.54) is 0 Å². The van der Waals surface area contributed by atoms with Crippen molar-refractivity contribution in [1.29, 1.82) is 0 Å². The Balaban J connectivity index is 2.26. The zero-order chi connectivity index (χ0) is 12.3. The number of carboxylic acid groups (broad SMARTS) is 1. The van der Waals surface area contributed by atoms with Gasteiger partial charge < -0.3 is 15.2 Å². The fraction of sp³-hybridized carbons (Fsp3) is 0.462. The molecular formula is C13H17NO3. The van der Waals surface area contributed by atoms with E-state index in [9.17, 15) is 9.90 Å². The monoisotopic (exact) mass is 235 g/mol. The van der Waals surface area contributed by atoms with Crippen molar-refractivity contribution in [3.8, 4) is 5.75 Å². The summed E-state index contributed by atoms with van der Waals surface area (Å²) in [6.45, 7) is 0.867. The van der Waals surface area contributed by atoms with Crippen LogP contribution < -0.4 is 10.1 Å². The van der Waals surface area contributed by atoms with Gasteiger partial charge in [-0.05, 0) is 37.1 Å². The third-order valence-corrected chi connectivity index (χ3v) is 3.23. The molecule has 1 aliphatic rings. The van der Waals surface area contributed by atoms with Crippen molar-refractivity contribution in [2.45, 2.75) is 18.9 Å². The Bertz CT molecular complexity index is 405. The van der Waals surface area contributed by atoms with Gasteiger partial charge in [-0.3, -0.25) is 4.79 Å². The molecule has 0 aromatic heterocycles. The molecule has 0 aliphatic carbocycles. The van der Waals surface area contributed by atoms with Crippen LogP contribution in [0.4, 0.5) is 0 Å². The summed E-state index contributed by atoms with van der Waals surface area (Å²) < 4.78 is 5.17. The molecule has 4 nitrogen and oxygen atoms in total. The molecule has 0 unspecified atom stereocenters. The van der Waals surface area contributed by atoms with E-state index in [1.807, 2.05) is 24.3 Å². The van der Waals surface area contributed by atoms with Crippen molar-refractivity contribution in [2.75, 3.05) is 13.7 Å². The molecule has 1 saturated heterocycles. The van der Waals surface area contributed by atoms with Crippen LogP contribution >= 0.6 is 0 Å². The summed E-state index contributed by atoms with van der Waals surface area (Å²) in [5.41, 5.74) is 0.983. The molecule has 1 fully saturated rings. The van der Waals surface area contributed by atoms with Gasteiger partial charge in [0.25, 0.3) is 0 Å². The van der Waals surface area contributed by atoms with Gasteiger partial charge in [0.1, 0.15) is 5.75 Å². The summed E-state index contributed by atoms with van der Waals surface area (Å²) in [5, 5.41) is 12.5. The second-order valence-corrected chi connectivity index (χ2v) is 4.30. The third-order valence-electron chi connectivity index (χ3n) is 3.23. The molecule has 2 N–H and O–H groups in total. The molecule has 0 spiro atoms. The average Bonchev–Trinajstić information content (AvgIpc) is 2.39. The number of ether oxygens (including phenoxy) is 1. The van der Waals surface area contributed by atoms with E-state index in [0.717, 1.165) is 30.7 Å². The van der Waals surface area contributed by atoms with Crippen LogP contribution in [0.2, 0.25) is 0 Å². The number of methoxy groups -OCH3 is 1. The smallest absolute Gasteiger partial charge is 0.308 e. The number of carboxylic acids is 1. The molecule has 1 aromatic rings. The lowest BCUT2D eigenvalue weighted by Crippen LogP contribution is -2.38. The zero-order valence-electron chi connectivity index (χ0n) is 9.85. The summed E-state index contributed by atoms with van der Waals surface area (Å²) in [5.74, 6) is -0.320. The van der Waals surface area contributed by atoms with Gasteiger partial charge in [-0.2, -0.15) is 0 Å². The summed E-state index contributed by atoms with van der Waals surface area (Å²) in [6.07, 6.45) is 1.64. The molecule has 0 bridgehead atoms. The molecule has 1 heterocycles. The molecule has 1 aromatic carbocycles. The topological polar surface area (TPSA) is 58.6 Å². The van der Waals surface area contributed by atoms with Gasteiger partial charge in [-0.15, -0.1) is 0 Å². The molecule has 0 radical (unpaired) electrons. The first-order valence-corrected chi connectivity index (χ1v) is 5.82. The largest absolute Gasteiger partial charge is 0.497 e. The van der Waals surface area contributed by atoms with E-state index in [-0.39, 0.29) is 12.0 Å². The maximum absolute atomic E-state index is 11.2. The van der Waals surface area contributed by atoms with Gasteiger partial charge in [0, 0.05) is 6.04 Å². The second kappa shape index (κ2) is 5.19. The first kappa shape index (κ1) is 11.9. The van der Waals surface area contributed by atoms with E-state index in [1.54, 1.807) is 7.11 Å². The minimum Gasteiger partial charge on any atom is -0.497 e. The van der Waals surface area contributed by atoms with Gasteiger partial charge in [0.2, 0.25) is 0 Å². The Morgan fingerprint density at radius 3 is 3.06 bits per heavy atom. The summed E-state index contributed by atoms with van der Waals surface area (Å²) in [4.78, 5) is 11.2. The SMILES string of the molecule is COc1cccc([C@H]2NCCC[C@@H]2C(=O)O)c1. The fourth-order valence-corrected chi connectivity index (χ4v) is 2.34. The van der Waals surface area contributed by atoms with Crippen LogP contribution in [0.25, 0.3) is 0 Å². The summed E-state index contributed by atoms with van der Waals surface area (Å²) in [6, 6.07) is 7.49. The van der Waals surface area contributed by atoms with Gasteiger partial charge in [-0.1, -0.05) is 12.1 Å². The number of rotatable bonds is 3. The van der Waals surface area contributed by atoms with E-state index >= 15 is 0 Å². The lowest BCUT2D eigenvalue weighted by Gasteiger charge is -2.30. The van der Waals surface area contributed by atoms with Crippen LogP contribution in [0.15, 0.2) is 24.3 Å². The molecule has 4 heteroatoms. The average molecular weight is 235 g/mol. The first-order chi connectivity index (χ1) is 8.22. The van der Waals surface area contributed by atoms with Crippen LogP contribution in [0.3, 0.4) is 0 Å². The van der Waals surface area contributed by atoms with Crippen LogP contribution in [0.1, 0.15) is 24.4 Å². The van der Waals surface area contributed by atoms with E-state index in [4.69, 9.17) is 4.74 Å². The lowest BCUT2D eigenvalue weighted by molar-refractivity contribution is -0.143. The minimum absolute atomic E-state index is 0.114. The fourth-order valence-electron chi connectivity index (χ4n) is 2.34. The Morgan fingerprint density at radius 1 is 1.53 bits per heavy atom. The molecule has 1 aliphatic heterocycles. The number of benzene rings is 1. The quantitative estimate of drug-likeness (QED) is 0.839. The standard InChI is InChI=1S/C13H17NO3/c1-17-10-5-2-4-9(8-10)12-11(13(15)16)6-3-7-14-12/h2,4-5,8,11-12,14H,3,6-7H2,1H3,(H,15,16)/t11-,12+/m0/s1. The van der Waals surface area contributed by atoms with Crippen LogP contribution in [0, 0.1) is 5.92 Å². The normalized spacial score (nSPS) is 24.3. The maximum Gasteiger partial charge on any atom is 0.308 e. The molecular weight excluding hydrogens is 218 g/mol. The highest BCUT2D eigenvalue weighted by atomic mass is 16.5. The number of aliphatic carboxylic acids is 1. The van der Waals surface area contributed by atoms with Crippen molar-refractivity contribution >= 4 is 5.97 Å². The highest BCUT2D eigenvalue weighted by molar-refractivity contribution is 5.71. The zero-order valence-corrected chi connectivity index (χ0v) is 9.85.